The highest BCUT2D eigenvalue weighted by atomic mass is 16.5. The summed E-state index contributed by atoms with van der Waals surface area (Å²) in [5, 5.41) is 0. The van der Waals surface area contributed by atoms with Gasteiger partial charge in [0.1, 0.15) is 0 Å². The summed E-state index contributed by atoms with van der Waals surface area (Å²) in [6, 6.07) is 0. The summed E-state index contributed by atoms with van der Waals surface area (Å²) in [6.45, 7) is 2.08. The third kappa shape index (κ3) is 3.34. The minimum absolute atomic E-state index is 0.103. The maximum Gasteiger partial charge on any atom is 0.333 e. The fourth-order valence-electron chi connectivity index (χ4n) is 2.20. The quantitative estimate of drug-likeness (QED) is 0.691. The van der Waals surface area contributed by atoms with Crippen LogP contribution in [0.15, 0.2) is 11.6 Å². The Labute approximate surface area is 96.8 Å². The molecule has 3 nitrogen and oxygen atoms in total. The van der Waals surface area contributed by atoms with Crippen LogP contribution < -0.4 is 0 Å². The lowest BCUT2D eigenvalue weighted by molar-refractivity contribution is -0.140. The molecule has 0 aromatic rings. The zero-order valence-corrected chi connectivity index (χ0v) is 9.74. The van der Waals surface area contributed by atoms with Crippen LogP contribution in [0.25, 0.3) is 0 Å². The van der Waals surface area contributed by atoms with E-state index in [0.717, 1.165) is 44.5 Å². The van der Waals surface area contributed by atoms with Gasteiger partial charge >= 0.3 is 5.97 Å². The van der Waals surface area contributed by atoms with Crippen molar-refractivity contribution in [1.29, 1.82) is 0 Å². The molecule has 2 rings (SSSR count). The summed E-state index contributed by atoms with van der Waals surface area (Å²) in [4.78, 5) is 11.8. The number of hydrogen-bond donors (Lipinski definition) is 0. The van der Waals surface area contributed by atoms with Crippen molar-refractivity contribution in [3.63, 3.8) is 0 Å². The molecule has 0 unspecified atom stereocenters. The smallest absolute Gasteiger partial charge is 0.333 e. The van der Waals surface area contributed by atoms with E-state index in [9.17, 15) is 4.79 Å². The standard InChI is InChI=1S/C13H20O3/c14-13(12-5-3-1-2-4-6-12)16-10-11-7-8-15-9-11/h5,11H,1-4,6-10H2/t11-/m0/s1. The summed E-state index contributed by atoms with van der Waals surface area (Å²) in [5.41, 5.74) is 0.886. The fraction of sp³-hybridized carbons (Fsp3) is 0.769. The Bertz CT molecular complexity index is 264. The number of esters is 1. The zero-order valence-electron chi connectivity index (χ0n) is 9.74. The van der Waals surface area contributed by atoms with Gasteiger partial charge in [0.15, 0.2) is 0 Å². The molecular formula is C13H20O3. The van der Waals surface area contributed by atoms with E-state index >= 15 is 0 Å². The van der Waals surface area contributed by atoms with Gasteiger partial charge in [-0.3, -0.25) is 0 Å². The molecule has 0 saturated carbocycles. The minimum atomic E-state index is -0.103. The van der Waals surface area contributed by atoms with Crippen LogP contribution >= 0.6 is 0 Å². The van der Waals surface area contributed by atoms with Crippen LogP contribution in [0.4, 0.5) is 0 Å². The van der Waals surface area contributed by atoms with E-state index in [1.165, 1.54) is 12.8 Å². The average molecular weight is 224 g/mol. The van der Waals surface area contributed by atoms with Gasteiger partial charge in [0, 0.05) is 18.1 Å². The van der Waals surface area contributed by atoms with E-state index in [2.05, 4.69) is 6.08 Å². The van der Waals surface area contributed by atoms with Crippen LogP contribution in [0.5, 0.6) is 0 Å². The molecule has 0 N–H and O–H groups in total. The maximum atomic E-state index is 11.8. The lowest BCUT2D eigenvalue weighted by Crippen LogP contribution is -2.15. The lowest BCUT2D eigenvalue weighted by atomic mass is 10.1. The molecule has 1 aliphatic carbocycles. The summed E-state index contributed by atoms with van der Waals surface area (Å²) in [6.07, 6.45) is 8.54. The second-order valence-electron chi connectivity index (χ2n) is 4.66. The molecule has 0 aromatic heterocycles. The summed E-state index contributed by atoms with van der Waals surface area (Å²) in [5.74, 6) is 0.309. The molecule has 0 spiro atoms. The van der Waals surface area contributed by atoms with Gasteiger partial charge in [-0.2, -0.15) is 0 Å². The van der Waals surface area contributed by atoms with Crippen LogP contribution in [0.1, 0.15) is 38.5 Å². The van der Waals surface area contributed by atoms with Gasteiger partial charge in [-0.15, -0.1) is 0 Å². The molecular weight excluding hydrogens is 204 g/mol. The molecule has 1 saturated heterocycles. The molecule has 0 radical (unpaired) electrons. The summed E-state index contributed by atoms with van der Waals surface area (Å²) in [7, 11) is 0. The van der Waals surface area contributed by atoms with Crippen LogP contribution in [-0.4, -0.2) is 25.8 Å². The first-order valence-corrected chi connectivity index (χ1v) is 6.30. The van der Waals surface area contributed by atoms with Gasteiger partial charge in [0.2, 0.25) is 0 Å². The van der Waals surface area contributed by atoms with Crippen molar-refractivity contribution in [2.24, 2.45) is 5.92 Å². The largest absolute Gasteiger partial charge is 0.462 e. The molecule has 2 aliphatic rings. The predicted octanol–water partition coefficient (Wildman–Crippen LogP) is 2.46. The molecule has 0 aromatic carbocycles. The molecule has 1 heterocycles. The number of carbonyl (C=O) groups excluding carboxylic acids is 1. The van der Waals surface area contributed by atoms with Gasteiger partial charge in [-0.05, 0) is 32.1 Å². The Morgan fingerprint density at radius 3 is 3.19 bits per heavy atom. The second-order valence-corrected chi connectivity index (χ2v) is 4.66. The van der Waals surface area contributed by atoms with Crippen molar-refractivity contribution in [3.8, 4) is 0 Å². The average Bonchev–Trinajstić information content (AvgIpc) is 2.66. The van der Waals surface area contributed by atoms with E-state index in [0.29, 0.717) is 12.5 Å². The molecule has 90 valence electrons. The zero-order chi connectivity index (χ0) is 11.2. The number of allylic oxidation sites excluding steroid dienone is 1. The van der Waals surface area contributed by atoms with Crippen LogP contribution in [0, 0.1) is 5.92 Å². The Morgan fingerprint density at radius 1 is 1.44 bits per heavy atom. The van der Waals surface area contributed by atoms with E-state index in [1.807, 2.05) is 0 Å². The van der Waals surface area contributed by atoms with Gasteiger partial charge in [-0.1, -0.05) is 12.5 Å². The molecule has 0 bridgehead atoms. The first-order chi connectivity index (χ1) is 7.86. The van der Waals surface area contributed by atoms with Crippen molar-refractivity contribution in [1.82, 2.24) is 0 Å². The maximum absolute atomic E-state index is 11.8. The molecule has 16 heavy (non-hydrogen) atoms. The van der Waals surface area contributed by atoms with Crippen molar-refractivity contribution in [2.75, 3.05) is 19.8 Å². The van der Waals surface area contributed by atoms with Crippen LogP contribution in [0.2, 0.25) is 0 Å². The Kier molecular flexibility index (Phi) is 4.40. The third-order valence-electron chi connectivity index (χ3n) is 3.28. The highest BCUT2D eigenvalue weighted by molar-refractivity contribution is 5.88. The third-order valence-corrected chi connectivity index (χ3v) is 3.28. The van der Waals surface area contributed by atoms with Crippen molar-refractivity contribution in [2.45, 2.75) is 38.5 Å². The fourth-order valence-corrected chi connectivity index (χ4v) is 2.20. The minimum Gasteiger partial charge on any atom is -0.462 e. The first kappa shape index (κ1) is 11.6. The number of carbonyl (C=O) groups is 1. The molecule has 0 amide bonds. The molecule has 3 heteroatoms. The SMILES string of the molecule is O=C(OC[C@H]1CCOC1)C1=CCCCCC1. The summed E-state index contributed by atoms with van der Waals surface area (Å²) >= 11 is 0. The highest BCUT2D eigenvalue weighted by Crippen LogP contribution is 2.19. The van der Waals surface area contributed by atoms with E-state index in [4.69, 9.17) is 9.47 Å². The van der Waals surface area contributed by atoms with E-state index in [-0.39, 0.29) is 5.97 Å². The number of hydrogen-bond acceptors (Lipinski definition) is 3. The first-order valence-electron chi connectivity index (χ1n) is 6.30. The normalized spacial score (nSPS) is 26.0. The predicted molar refractivity (Wildman–Crippen MR) is 61.1 cm³/mol. The lowest BCUT2D eigenvalue weighted by Gasteiger charge is -2.10. The van der Waals surface area contributed by atoms with Crippen molar-refractivity contribution < 1.29 is 14.3 Å². The van der Waals surface area contributed by atoms with Gasteiger partial charge in [-0.25, -0.2) is 4.79 Å². The van der Waals surface area contributed by atoms with Crippen molar-refractivity contribution >= 4 is 5.97 Å². The molecule has 1 fully saturated rings. The van der Waals surface area contributed by atoms with E-state index in [1.54, 1.807) is 0 Å². The van der Waals surface area contributed by atoms with Crippen LogP contribution in [0.3, 0.4) is 0 Å². The highest BCUT2D eigenvalue weighted by Gasteiger charge is 2.19. The second kappa shape index (κ2) is 6.04. The Balaban J connectivity index is 1.75. The number of ether oxygens (including phenoxy) is 2. The van der Waals surface area contributed by atoms with E-state index < -0.39 is 0 Å². The van der Waals surface area contributed by atoms with Crippen LogP contribution in [-0.2, 0) is 14.3 Å². The summed E-state index contributed by atoms with van der Waals surface area (Å²) < 4.78 is 10.6. The number of rotatable bonds is 3. The topological polar surface area (TPSA) is 35.5 Å². The van der Waals surface area contributed by atoms with Gasteiger partial charge in [0.05, 0.1) is 13.2 Å². The van der Waals surface area contributed by atoms with Crippen molar-refractivity contribution in [3.05, 3.63) is 11.6 Å². The molecule has 1 aliphatic heterocycles. The van der Waals surface area contributed by atoms with Gasteiger partial charge in [0.25, 0.3) is 0 Å². The Morgan fingerprint density at radius 2 is 2.38 bits per heavy atom. The molecule has 1 atom stereocenters. The van der Waals surface area contributed by atoms with Gasteiger partial charge < -0.3 is 9.47 Å². The Hall–Kier alpha value is -0.830. The monoisotopic (exact) mass is 224 g/mol.